The Labute approximate surface area is 153 Å². The zero-order valence-corrected chi connectivity index (χ0v) is 14.9. The van der Waals surface area contributed by atoms with Crippen LogP contribution in [0.25, 0.3) is 0 Å². The summed E-state index contributed by atoms with van der Waals surface area (Å²) in [5.74, 6) is 0.0956. The molecule has 1 N–H and O–H groups in total. The van der Waals surface area contributed by atoms with Crippen LogP contribution < -0.4 is 10.2 Å². The summed E-state index contributed by atoms with van der Waals surface area (Å²) in [6.07, 6.45) is 1.48. The molecule has 1 atom stereocenters. The van der Waals surface area contributed by atoms with Gasteiger partial charge in [0.1, 0.15) is 0 Å². The number of rotatable bonds is 3. The Morgan fingerprint density at radius 2 is 1.85 bits per heavy atom. The number of likely N-dealkylation sites (N-methyl/N-ethyl adjacent to an activating group) is 1. The number of carbonyl (C=O) groups is 2. The van der Waals surface area contributed by atoms with Gasteiger partial charge in [0, 0.05) is 32.4 Å². The Hall–Kier alpha value is -2.82. The molecular weight excluding hydrogens is 326 g/mol. The third-order valence-corrected chi connectivity index (χ3v) is 5.58. The third-order valence-electron chi connectivity index (χ3n) is 5.58. The van der Waals surface area contributed by atoms with Crippen molar-refractivity contribution in [3.8, 4) is 0 Å². The molecule has 1 spiro atoms. The van der Waals surface area contributed by atoms with Gasteiger partial charge in [-0.2, -0.15) is 0 Å². The number of carbonyl (C=O) groups excluding carboxylic acids is 2. The lowest BCUT2D eigenvalue weighted by molar-refractivity contribution is -0.122. The molecule has 5 nitrogen and oxygen atoms in total. The molecule has 3 amide bonds. The highest BCUT2D eigenvalue weighted by Crippen LogP contribution is 2.46. The summed E-state index contributed by atoms with van der Waals surface area (Å²) in [4.78, 5) is 29.0. The van der Waals surface area contributed by atoms with E-state index in [1.807, 2.05) is 49.5 Å². The number of hydrogen-bond donors (Lipinski definition) is 1. The van der Waals surface area contributed by atoms with Gasteiger partial charge in [0.25, 0.3) is 0 Å². The fourth-order valence-electron chi connectivity index (χ4n) is 4.16. The normalized spacial score (nSPS) is 21.3. The molecular formula is C21H23N3O2. The van der Waals surface area contributed by atoms with E-state index in [4.69, 9.17) is 0 Å². The predicted molar refractivity (Wildman–Crippen MR) is 101 cm³/mol. The Kier molecular flexibility index (Phi) is 4.15. The van der Waals surface area contributed by atoms with Crippen LogP contribution in [0.1, 0.15) is 17.5 Å². The van der Waals surface area contributed by atoms with Crippen molar-refractivity contribution in [2.24, 2.45) is 0 Å². The van der Waals surface area contributed by atoms with E-state index in [2.05, 4.69) is 17.4 Å². The van der Waals surface area contributed by atoms with E-state index in [0.717, 1.165) is 17.7 Å². The number of nitrogens with one attached hydrogen (secondary N) is 1. The summed E-state index contributed by atoms with van der Waals surface area (Å²) < 4.78 is 0. The lowest BCUT2D eigenvalue weighted by Gasteiger charge is -2.23. The van der Waals surface area contributed by atoms with Gasteiger partial charge in [0.2, 0.25) is 5.91 Å². The fraction of sp³-hybridized carbons (Fsp3) is 0.333. The second-order valence-corrected chi connectivity index (χ2v) is 7.10. The van der Waals surface area contributed by atoms with E-state index in [1.54, 1.807) is 9.80 Å². The first-order valence-corrected chi connectivity index (χ1v) is 9.06. The largest absolute Gasteiger partial charge is 0.338 e. The molecule has 5 heteroatoms. The predicted octanol–water partition coefficient (Wildman–Crippen LogP) is 2.56. The highest BCUT2D eigenvalue weighted by atomic mass is 16.2. The van der Waals surface area contributed by atoms with Crippen LogP contribution in [-0.4, -0.2) is 43.5 Å². The molecule has 0 saturated carbocycles. The van der Waals surface area contributed by atoms with E-state index < -0.39 is 5.41 Å². The van der Waals surface area contributed by atoms with Crippen LogP contribution in [0.2, 0.25) is 0 Å². The Balaban J connectivity index is 1.42. The third kappa shape index (κ3) is 2.64. The summed E-state index contributed by atoms with van der Waals surface area (Å²) in [5, 5.41) is 2.99. The van der Waals surface area contributed by atoms with Crippen LogP contribution >= 0.6 is 0 Å². The topological polar surface area (TPSA) is 52.7 Å². The van der Waals surface area contributed by atoms with Gasteiger partial charge in [-0.3, -0.25) is 4.79 Å². The molecule has 0 radical (unpaired) electrons. The van der Waals surface area contributed by atoms with Crippen molar-refractivity contribution in [2.75, 3.05) is 31.6 Å². The minimum absolute atomic E-state index is 0.0855. The van der Waals surface area contributed by atoms with E-state index in [0.29, 0.717) is 26.1 Å². The zero-order chi connectivity index (χ0) is 18.1. The molecule has 2 heterocycles. The molecule has 4 rings (SSSR count). The van der Waals surface area contributed by atoms with Gasteiger partial charge in [0.05, 0.1) is 5.41 Å². The van der Waals surface area contributed by atoms with Gasteiger partial charge in [-0.05, 0) is 30.0 Å². The summed E-state index contributed by atoms with van der Waals surface area (Å²) in [6.45, 7) is 1.65. The highest BCUT2D eigenvalue weighted by Gasteiger charge is 2.54. The van der Waals surface area contributed by atoms with Crippen molar-refractivity contribution in [3.63, 3.8) is 0 Å². The van der Waals surface area contributed by atoms with Gasteiger partial charge in [-0.1, -0.05) is 48.5 Å². The Bertz CT molecular complexity index is 836. The number of benzene rings is 2. The maximum Gasteiger partial charge on any atom is 0.317 e. The van der Waals surface area contributed by atoms with E-state index in [-0.39, 0.29) is 11.9 Å². The first-order chi connectivity index (χ1) is 12.6. The van der Waals surface area contributed by atoms with E-state index >= 15 is 0 Å². The van der Waals surface area contributed by atoms with E-state index in [9.17, 15) is 9.59 Å². The number of amides is 3. The second kappa shape index (κ2) is 6.48. The van der Waals surface area contributed by atoms with Crippen molar-refractivity contribution >= 4 is 17.6 Å². The smallest absolute Gasteiger partial charge is 0.317 e. The monoisotopic (exact) mass is 349 g/mol. The minimum atomic E-state index is -0.581. The SMILES string of the molecule is CN1C(=O)[C@@]2(CCN(C(=O)NCCc3ccccc3)C2)c2ccccc21. The summed E-state index contributed by atoms with van der Waals surface area (Å²) in [5.41, 5.74) is 2.63. The average molecular weight is 349 g/mol. The lowest BCUT2D eigenvalue weighted by atomic mass is 9.81. The molecule has 0 aromatic heterocycles. The molecule has 2 aromatic carbocycles. The standard InChI is InChI=1S/C21H23N3O2/c1-23-18-10-6-5-9-17(18)21(19(23)25)12-14-24(15-21)20(26)22-13-11-16-7-3-2-4-8-16/h2-10H,11-15H2,1H3,(H,22,26)/t21-/m1/s1. The van der Waals surface area contributed by atoms with Crippen LogP contribution in [0.5, 0.6) is 0 Å². The quantitative estimate of drug-likeness (QED) is 0.926. The average Bonchev–Trinajstić information content (AvgIpc) is 3.21. The molecule has 26 heavy (non-hydrogen) atoms. The maximum absolute atomic E-state index is 12.9. The fourth-order valence-corrected chi connectivity index (χ4v) is 4.16. The molecule has 2 aromatic rings. The minimum Gasteiger partial charge on any atom is -0.338 e. The maximum atomic E-state index is 12.9. The summed E-state index contributed by atoms with van der Waals surface area (Å²) >= 11 is 0. The number of hydrogen-bond acceptors (Lipinski definition) is 2. The molecule has 0 aliphatic carbocycles. The molecule has 1 saturated heterocycles. The van der Waals surface area contributed by atoms with Gasteiger partial charge in [-0.15, -0.1) is 0 Å². The molecule has 0 unspecified atom stereocenters. The van der Waals surface area contributed by atoms with Gasteiger partial charge >= 0.3 is 6.03 Å². The van der Waals surface area contributed by atoms with Gasteiger partial charge in [-0.25, -0.2) is 4.79 Å². The summed E-state index contributed by atoms with van der Waals surface area (Å²) in [7, 11) is 1.82. The molecule has 2 aliphatic heterocycles. The molecule has 1 fully saturated rings. The molecule has 0 bridgehead atoms. The van der Waals surface area contributed by atoms with Crippen LogP contribution in [0.15, 0.2) is 54.6 Å². The number of anilines is 1. The van der Waals surface area contributed by atoms with Crippen LogP contribution in [0.4, 0.5) is 10.5 Å². The molecule has 134 valence electrons. The number of urea groups is 1. The van der Waals surface area contributed by atoms with Crippen LogP contribution in [-0.2, 0) is 16.6 Å². The van der Waals surface area contributed by atoms with E-state index in [1.165, 1.54) is 5.56 Å². The van der Waals surface area contributed by atoms with Crippen molar-refractivity contribution in [3.05, 3.63) is 65.7 Å². The number of para-hydroxylation sites is 1. The highest BCUT2D eigenvalue weighted by molar-refractivity contribution is 6.08. The van der Waals surface area contributed by atoms with Gasteiger partial charge in [0.15, 0.2) is 0 Å². The van der Waals surface area contributed by atoms with Crippen molar-refractivity contribution in [2.45, 2.75) is 18.3 Å². The second-order valence-electron chi connectivity index (χ2n) is 7.10. The Morgan fingerprint density at radius 3 is 2.65 bits per heavy atom. The number of likely N-dealkylation sites (tertiary alicyclic amines) is 1. The van der Waals surface area contributed by atoms with Crippen LogP contribution in [0, 0.1) is 0 Å². The first-order valence-electron chi connectivity index (χ1n) is 9.06. The Morgan fingerprint density at radius 1 is 1.12 bits per heavy atom. The summed E-state index contributed by atoms with van der Waals surface area (Å²) in [6, 6.07) is 17.9. The van der Waals surface area contributed by atoms with Crippen LogP contribution in [0.3, 0.4) is 0 Å². The van der Waals surface area contributed by atoms with Crippen molar-refractivity contribution in [1.29, 1.82) is 0 Å². The molecule has 2 aliphatic rings. The first kappa shape index (κ1) is 16.6. The zero-order valence-electron chi connectivity index (χ0n) is 14.9. The number of fused-ring (bicyclic) bond motifs is 2. The van der Waals surface area contributed by atoms with Crippen molar-refractivity contribution in [1.82, 2.24) is 10.2 Å². The van der Waals surface area contributed by atoms with Crippen molar-refractivity contribution < 1.29 is 9.59 Å². The van der Waals surface area contributed by atoms with Gasteiger partial charge < -0.3 is 15.1 Å². The lowest BCUT2D eigenvalue weighted by Crippen LogP contribution is -2.44. The number of nitrogens with zero attached hydrogens (tertiary/aromatic N) is 2.